The van der Waals surface area contributed by atoms with E-state index in [0.29, 0.717) is 31.0 Å². The lowest BCUT2D eigenvalue weighted by atomic mass is 10.00. The Kier molecular flexibility index (Phi) is 10.7. The fourth-order valence-electron chi connectivity index (χ4n) is 5.59. The average molecular weight is 473 g/mol. The summed E-state index contributed by atoms with van der Waals surface area (Å²) in [7, 11) is 0. The molecule has 0 radical (unpaired) electrons. The lowest BCUT2D eigenvalue weighted by Crippen LogP contribution is -2.51. The van der Waals surface area contributed by atoms with E-state index in [1.54, 1.807) is 0 Å². The molecule has 1 aliphatic heterocycles. The van der Waals surface area contributed by atoms with Gasteiger partial charge < -0.3 is 25.5 Å². The normalized spacial score (nSPS) is 22.4. The fourth-order valence-corrected chi connectivity index (χ4v) is 5.59. The molecule has 7 nitrogen and oxygen atoms in total. The molecule has 2 aliphatic rings. The van der Waals surface area contributed by atoms with Gasteiger partial charge in [-0.25, -0.2) is 4.79 Å². The van der Waals surface area contributed by atoms with Crippen LogP contribution in [-0.4, -0.2) is 71.2 Å². The topological polar surface area (TPSA) is 84.9 Å². The third kappa shape index (κ3) is 7.98. The first-order valence-electron chi connectivity index (χ1n) is 13.3. The molecule has 3 rings (SSSR count). The highest BCUT2D eigenvalue weighted by atomic mass is 16.4. The number of carbonyl (C=O) groups excluding carboxylic acids is 1. The van der Waals surface area contributed by atoms with Crippen LogP contribution >= 0.6 is 0 Å². The fraction of sp³-hybridized carbons (Fsp3) is 0.704. The number of piperidine rings is 1. The molecule has 1 aliphatic carbocycles. The van der Waals surface area contributed by atoms with E-state index >= 15 is 0 Å². The van der Waals surface area contributed by atoms with Gasteiger partial charge in [-0.3, -0.25) is 4.79 Å². The summed E-state index contributed by atoms with van der Waals surface area (Å²) in [5.74, 6) is -0.0946. The molecule has 1 saturated carbocycles. The van der Waals surface area contributed by atoms with Crippen molar-refractivity contribution in [2.24, 2.45) is 5.92 Å². The first kappa shape index (κ1) is 26.5. The SMILES string of the molecule is CCCC(NC1CCC(CN2CCC(N(CCC)C(=O)NCc3ccccc3)CC2)C1)C(=O)O. The largest absolute Gasteiger partial charge is 0.480 e. The van der Waals surface area contributed by atoms with E-state index in [0.717, 1.165) is 70.3 Å². The second-order valence-corrected chi connectivity index (χ2v) is 10.1. The van der Waals surface area contributed by atoms with Crippen LogP contribution in [0.2, 0.25) is 0 Å². The van der Waals surface area contributed by atoms with Crippen molar-refractivity contribution in [1.82, 2.24) is 20.4 Å². The molecule has 3 atom stereocenters. The number of benzene rings is 1. The Morgan fingerprint density at radius 3 is 2.47 bits per heavy atom. The van der Waals surface area contributed by atoms with Crippen LogP contribution in [0, 0.1) is 5.92 Å². The van der Waals surface area contributed by atoms with Gasteiger partial charge >= 0.3 is 12.0 Å². The number of rotatable bonds is 12. The Morgan fingerprint density at radius 1 is 1.09 bits per heavy atom. The van der Waals surface area contributed by atoms with Gasteiger partial charge in [0.25, 0.3) is 0 Å². The van der Waals surface area contributed by atoms with Crippen LogP contribution in [-0.2, 0) is 11.3 Å². The van der Waals surface area contributed by atoms with E-state index in [-0.39, 0.29) is 6.03 Å². The van der Waals surface area contributed by atoms with Crippen molar-refractivity contribution in [2.75, 3.05) is 26.2 Å². The molecule has 190 valence electrons. The molecule has 2 amide bonds. The van der Waals surface area contributed by atoms with E-state index < -0.39 is 12.0 Å². The number of urea groups is 1. The summed E-state index contributed by atoms with van der Waals surface area (Å²) in [4.78, 5) is 29.0. The zero-order valence-electron chi connectivity index (χ0n) is 21.0. The molecule has 1 saturated heterocycles. The lowest BCUT2D eigenvalue weighted by molar-refractivity contribution is -0.139. The summed E-state index contributed by atoms with van der Waals surface area (Å²) in [5, 5.41) is 15.9. The second-order valence-electron chi connectivity index (χ2n) is 10.1. The highest BCUT2D eigenvalue weighted by Gasteiger charge is 2.32. The van der Waals surface area contributed by atoms with Gasteiger partial charge in [-0.1, -0.05) is 50.6 Å². The highest BCUT2D eigenvalue weighted by molar-refractivity contribution is 5.74. The molecule has 0 bridgehead atoms. The number of carboxylic acid groups (broad SMARTS) is 1. The minimum atomic E-state index is -0.725. The van der Waals surface area contributed by atoms with Crippen molar-refractivity contribution in [2.45, 2.75) is 89.9 Å². The molecule has 3 N–H and O–H groups in total. The maximum Gasteiger partial charge on any atom is 0.320 e. The third-order valence-corrected chi connectivity index (χ3v) is 7.38. The van der Waals surface area contributed by atoms with Gasteiger partial charge in [0.15, 0.2) is 0 Å². The van der Waals surface area contributed by atoms with Gasteiger partial charge in [-0.15, -0.1) is 0 Å². The predicted octanol–water partition coefficient (Wildman–Crippen LogP) is 4.08. The maximum absolute atomic E-state index is 12.9. The van der Waals surface area contributed by atoms with Crippen LogP contribution in [0.4, 0.5) is 4.79 Å². The number of hydrogen-bond donors (Lipinski definition) is 3. The molecule has 3 unspecified atom stereocenters. The van der Waals surface area contributed by atoms with Crippen molar-refractivity contribution in [3.05, 3.63) is 35.9 Å². The highest BCUT2D eigenvalue weighted by Crippen LogP contribution is 2.28. The van der Waals surface area contributed by atoms with Crippen LogP contribution in [0.3, 0.4) is 0 Å². The summed E-state index contributed by atoms with van der Waals surface area (Å²) in [6, 6.07) is 10.3. The molecule has 0 spiro atoms. The van der Waals surface area contributed by atoms with Crippen molar-refractivity contribution < 1.29 is 14.7 Å². The minimum Gasteiger partial charge on any atom is -0.480 e. The summed E-state index contributed by atoms with van der Waals surface area (Å²) in [6.45, 7) is 8.67. The van der Waals surface area contributed by atoms with Gasteiger partial charge in [0, 0.05) is 44.8 Å². The molecule has 7 heteroatoms. The number of likely N-dealkylation sites (tertiary alicyclic amines) is 1. The van der Waals surface area contributed by atoms with Crippen LogP contribution < -0.4 is 10.6 Å². The van der Waals surface area contributed by atoms with Crippen LogP contribution in [0.5, 0.6) is 0 Å². The Morgan fingerprint density at radius 2 is 1.82 bits per heavy atom. The first-order chi connectivity index (χ1) is 16.5. The maximum atomic E-state index is 12.9. The minimum absolute atomic E-state index is 0.0499. The number of carboxylic acids is 1. The van der Waals surface area contributed by atoms with Gasteiger partial charge in [-0.2, -0.15) is 0 Å². The zero-order valence-corrected chi connectivity index (χ0v) is 21.0. The molecule has 1 aromatic rings. The first-order valence-corrected chi connectivity index (χ1v) is 13.3. The number of hydrogen-bond acceptors (Lipinski definition) is 4. The number of amides is 2. The standard InChI is InChI=1S/C27H44N4O3/c1-3-8-25(26(32)33)29-23-12-11-22(18-23)20-30-16-13-24(14-17-30)31(15-4-2)27(34)28-19-21-9-6-5-7-10-21/h5-7,9-10,22-25,29H,3-4,8,11-20H2,1-2H3,(H,28,34)(H,32,33). The molecule has 0 aromatic heterocycles. The molecular weight excluding hydrogens is 428 g/mol. The number of nitrogens with one attached hydrogen (secondary N) is 2. The van der Waals surface area contributed by atoms with E-state index in [2.05, 4.69) is 27.4 Å². The van der Waals surface area contributed by atoms with Crippen molar-refractivity contribution in [3.8, 4) is 0 Å². The van der Waals surface area contributed by atoms with Gasteiger partial charge in [0.05, 0.1) is 0 Å². The Bertz CT molecular complexity index is 752. The number of carbonyl (C=O) groups is 2. The summed E-state index contributed by atoms with van der Waals surface area (Å²) < 4.78 is 0. The smallest absolute Gasteiger partial charge is 0.320 e. The molecule has 1 aromatic carbocycles. The van der Waals surface area contributed by atoms with Crippen LogP contribution in [0.25, 0.3) is 0 Å². The third-order valence-electron chi connectivity index (χ3n) is 7.38. The van der Waals surface area contributed by atoms with E-state index in [1.807, 2.05) is 37.3 Å². The molecule has 34 heavy (non-hydrogen) atoms. The molecular formula is C27H44N4O3. The zero-order chi connectivity index (χ0) is 24.3. The van der Waals surface area contributed by atoms with Crippen LogP contribution in [0.15, 0.2) is 30.3 Å². The monoisotopic (exact) mass is 472 g/mol. The van der Waals surface area contributed by atoms with Gasteiger partial charge in [0.2, 0.25) is 0 Å². The number of nitrogens with zero attached hydrogens (tertiary/aromatic N) is 2. The number of aliphatic carboxylic acids is 1. The Hall–Kier alpha value is -2.12. The Balaban J connectivity index is 1.41. The van der Waals surface area contributed by atoms with E-state index in [1.165, 1.54) is 6.42 Å². The summed E-state index contributed by atoms with van der Waals surface area (Å²) >= 11 is 0. The van der Waals surface area contributed by atoms with Crippen LogP contribution in [0.1, 0.15) is 70.8 Å². The molecule has 1 heterocycles. The van der Waals surface area contributed by atoms with Crippen molar-refractivity contribution in [1.29, 1.82) is 0 Å². The summed E-state index contributed by atoms with van der Waals surface area (Å²) in [5.41, 5.74) is 1.12. The van der Waals surface area contributed by atoms with Crippen molar-refractivity contribution in [3.63, 3.8) is 0 Å². The predicted molar refractivity (Wildman–Crippen MR) is 136 cm³/mol. The average Bonchev–Trinajstić information content (AvgIpc) is 3.28. The molecule has 2 fully saturated rings. The van der Waals surface area contributed by atoms with E-state index in [4.69, 9.17) is 0 Å². The Labute approximate surface area is 205 Å². The van der Waals surface area contributed by atoms with Gasteiger partial charge in [-0.05, 0) is 56.4 Å². The second kappa shape index (κ2) is 13.7. The summed E-state index contributed by atoms with van der Waals surface area (Å²) in [6.07, 6.45) is 7.88. The van der Waals surface area contributed by atoms with Gasteiger partial charge in [0.1, 0.15) is 6.04 Å². The van der Waals surface area contributed by atoms with Crippen molar-refractivity contribution >= 4 is 12.0 Å². The quantitative estimate of drug-likeness (QED) is 0.427. The lowest BCUT2D eigenvalue weighted by Gasteiger charge is -2.39. The van der Waals surface area contributed by atoms with E-state index in [9.17, 15) is 14.7 Å².